The van der Waals surface area contributed by atoms with Crippen LogP contribution in [0.4, 0.5) is 5.69 Å². The topological polar surface area (TPSA) is 75.5 Å². The molecule has 0 aromatic heterocycles. The van der Waals surface area contributed by atoms with Crippen LogP contribution < -0.4 is 5.32 Å². The zero-order valence-electron chi connectivity index (χ0n) is 11.5. The number of benzene rings is 1. The van der Waals surface area contributed by atoms with E-state index in [1.165, 1.54) is 0 Å². The first-order valence-electron chi connectivity index (χ1n) is 6.82. The molecule has 2 atom stereocenters. The number of nitrogens with zero attached hydrogens (tertiary/aromatic N) is 2. The Kier molecular flexibility index (Phi) is 2.97. The standard InChI is InChI=1S/C14H17N3O3/c1-8-3-4-10(7-12(8)17(19)20)13-15-9(2)14(18)16(13)11-5-6-11/h3-4,7,9,11,13,15H,5-6H2,1-2H3. The lowest BCUT2D eigenvalue weighted by atomic mass is 10.1. The summed E-state index contributed by atoms with van der Waals surface area (Å²) >= 11 is 0. The first-order valence-corrected chi connectivity index (χ1v) is 6.82. The summed E-state index contributed by atoms with van der Waals surface area (Å²) in [7, 11) is 0. The van der Waals surface area contributed by atoms with Gasteiger partial charge < -0.3 is 4.90 Å². The Bertz CT molecular complexity index is 583. The Balaban J connectivity index is 1.97. The number of rotatable bonds is 3. The van der Waals surface area contributed by atoms with Gasteiger partial charge >= 0.3 is 0 Å². The fourth-order valence-electron chi connectivity index (χ4n) is 2.73. The van der Waals surface area contributed by atoms with Gasteiger partial charge in [-0.15, -0.1) is 0 Å². The molecular formula is C14H17N3O3. The number of aryl methyl sites for hydroxylation is 1. The molecule has 106 valence electrons. The van der Waals surface area contributed by atoms with Crippen LogP contribution in [-0.4, -0.2) is 27.8 Å². The summed E-state index contributed by atoms with van der Waals surface area (Å²) in [6, 6.07) is 5.23. The third-order valence-electron chi connectivity index (χ3n) is 4.00. The molecule has 6 heteroatoms. The molecule has 2 unspecified atom stereocenters. The van der Waals surface area contributed by atoms with Crippen LogP contribution in [-0.2, 0) is 4.79 Å². The van der Waals surface area contributed by atoms with E-state index < -0.39 is 0 Å². The fraction of sp³-hybridized carbons (Fsp3) is 0.500. The smallest absolute Gasteiger partial charge is 0.272 e. The second-order valence-electron chi connectivity index (χ2n) is 5.57. The Hall–Kier alpha value is -1.95. The molecule has 1 aromatic rings. The molecule has 1 aromatic carbocycles. The molecule has 1 heterocycles. The minimum absolute atomic E-state index is 0.0840. The summed E-state index contributed by atoms with van der Waals surface area (Å²) in [4.78, 5) is 24.7. The van der Waals surface area contributed by atoms with Crippen LogP contribution in [0.15, 0.2) is 18.2 Å². The second kappa shape index (κ2) is 4.56. The molecule has 0 bridgehead atoms. The van der Waals surface area contributed by atoms with Crippen LogP contribution in [0.3, 0.4) is 0 Å². The second-order valence-corrected chi connectivity index (χ2v) is 5.57. The van der Waals surface area contributed by atoms with Crippen molar-refractivity contribution in [3.63, 3.8) is 0 Å². The number of hydrogen-bond acceptors (Lipinski definition) is 4. The molecule has 1 N–H and O–H groups in total. The molecular weight excluding hydrogens is 258 g/mol. The molecule has 20 heavy (non-hydrogen) atoms. The van der Waals surface area contributed by atoms with Gasteiger partial charge in [-0.1, -0.05) is 12.1 Å². The van der Waals surface area contributed by atoms with Crippen molar-refractivity contribution < 1.29 is 9.72 Å². The Morgan fingerprint density at radius 1 is 1.40 bits per heavy atom. The third kappa shape index (κ3) is 2.06. The van der Waals surface area contributed by atoms with E-state index in [0.29, 0.717) is 5.56 Å². The number of amides is 1. The normalized spacial score (nSPS) is 26.1. The van der Waals surface area contributed by atoms with Crippen LogP contribution in [0.25, 0.3) is 0 Å². The average Bonchev–Trinajstić information content (AvgIpc) is 3.18. The lowest BCUT2D eigenvalue weighted by molar-refractivity contribution is -0.385. The van der Waals surface area contributed by atoms with E-state index >= 15 is 0 Å². The number of carbonyl (C=O) groups excluding carboxylic acids is 1. The Morgan fingerprint density at radius 2 is 2.10 bits per heavy atom. The van der Waals surface area contributed by atoms with Crippen molar-refractivity contribution in [2.24, 2.45) is 0 Å². The molecule has 0 radical (unpaired) electrons. The Labute approximate surface area is 116 Å². The van der Waals surface area contributed by atoms with Gasteiger partial charge in [-0.25, -0.2) is 0 Å². The fourth-order valence-corrected chi connectivity index (χ4v) is 2.73. The van der Waals surface area contributed by atoms with E-state index in [-0.39, 0.29) is 34.8 Å². The molecule has 0 spiro atoms. The van der Waals surface area contributed by atoms with E-state index in [1.54, 1.807) is 19.1 Å². The van der Waals surface area contributed by atoms with Crippen molar-refractivity contribution in [1.29, 1.82) is 0 Å². The van der Waals surface area contributed by atoms with Crippen molar-refractivity contribution in [3.8, 4) is 0 Å². The average molecular weight is 275 g/mol. The molecule has 1 aliphatic heterocycles. The van der Waals surface area contributed by atoms with Gasteiger partial charge in [-0.2, -0.15) is 0 Å². The zero-order chi connectivity index (χ0) is 14.4. The van der Waals surface area contributed by atoms with Crippen LogP contribution >= 0.6 is 0 Å². The minimum Gasteiger partial charge on any atom is -0.319 e. The summed E-state index contributed by atoms with van der Waals surface area (Å²) in [5.74, 6) is 0.0840. The molecule has 2 fully saturated rings. The van der Waals surface area contributed by atoms with Gasteiger partial charge in [0.15, 0.2) is 0 Å². The van der Waals surface area contributed by atoms with Gasteiger partial charge in [0.1, 0.15) is 6.17 Å². The summed E-state index contributed by atoms with van der Waals surface area (Å²) in [6.07, 6.45) is 1.79. The summed E-state index contributed by atoms with van der Waals surface area (Å²) in [6.45, 7) is 3.55. The lowest BCUT2D eigenvalue weighted by Crippen LogP contribution is -2.32. The van der Waals surface area contributed by atoms with E-state index in [2.05, 4.69) is 5.32 Å². The van der Waals surface area contributed by atoms with Crippen molar-refractivity contribution in [1.82, 2.24) is 10.2 Å². The third-order valence-corrected chi connectivity index (χ3v) is 4.00. The number of nitro benzene ring substituents is 1. The van der Waals surface area contributed by atoms with Gasteiger partial charge in [-0.05, 0) is 32.3 Å². The van der Waals surface area contributed by atoms with Crippen LogP contribution in [0.2, 0.25) is 0 Å². The Morgan fingerprint density at radius 3 is 2.70 bits per heavy atom. The highest BCUT2D eigenvalue weighted by Gasteiger charge is 2.45. The summed E-state index contributed by atoms with van der Waals surface area (Å²) in [5, 5.41) is 14.3. The van der Waals surface area contributed by atoms with E-state index in [0.717, 1.165) is 18.4 Å². The van der Waals surface area contributed by atoms with Crippen molar-refractivity contribution in [2.45, 2.75) is 44.9 Å². The highest BCUT2D eigenvalue weighted by Crippen LogP contribution is 2.38. The number of carbonyl (C=O) groups is 1. The summed E-state index contributed by atoms with van der Waals surface area (Å²) < 4.78 is 0. The summed E-state index contributed by atoms with van der Waals surface area (Å²) in [5.41, 5.74) is 1.52. The monoisotopic (exact) mass is 275 g/mol. The van der Waals surface area contributed by atoms with E-state index in [4.69, 9.17) is 0 Å². The first kappa shape index (κ1) is 13.1. The van der Waals surface area contributed by atoms with E-state index in [9.17, 15) is 14.9 Å². The van der Waals surface area contributed by atoms with Crippen molar-refractivity contribution >= 4 is 11.6 Å². The van der Waals surface area contributed by atoms with E-state index in [1.807, 2.05) is 17.9 Å². The largest absolute Gasteiger partial charge is 0.319 e. The number of hydrogen-bond donors (Lipinski definition) is 1. The first-order chi connectivity index (χ1) is 9.49. The van der Waals surface area contributed by atoms with Gasteiger partial charge in [0, 0.05) is 17.7 Å². The van der Waals surface area contributed by atoms with Gasteiger partial charge in [0.05, 0.1) is 11.0 Å². The quantitative estimate of drug-likeness (QED) is 0.675. The highest BCUT2D eigenvalue weighted by molar-refractivity contribution is 5.84. The number of nitro groups is 1. The van der Waals surface area contributed by atoms with Crippen LogP contribution in [0.1, 0.15) is 37.1 Å². The maximum absolute atomic E-state index is 12.2. The molecule has 1 saturated carbocycles. The molecule has 6 nitrogen and oxygen atoms in total. The zero-order valence-corrected chi connectivity index (χ0v) is 11.5. The minimum atomic E-state index is -0.375. The van der Waals surface area contributed by atoms with Crippen LogP contribution in [0, 0.1) is 17.0 Å². The highest BCUT2D eigenvalue weighted by atomic mass is 16.6. The molecule has 2 aliphatic rings. The van der Waals surface area contributed by atoms with Crippen molar-refractivity contribution in [2.75, 3.05) is 0 Å². The van der Waals surface area contributed by atoms with Gasteiger partial charge in [-0.3, -0.25) is 20.2 Å². The molecule has 1 saturated heterocycles. The molecule has 1 aliphatic carbocycles. The maximum Gasteiger partial charge on any atom is 0.272 e. The lowest BCUT2D eigenvalue weighted by Gasteiger charge is -2.24. The SMILES string of the molecule is Cc1ccc(C2NC(C)C(=O)N2C2CC2)cc1[N+](=O)[O-]. The van der Waals surface area contributed by atoms with Crippen molar-refractivity contribution in [3.05, 3.63) is 39.4 Å². The molecule has 3 rings (SSSR count). The predicted molar refractivity (Wildman–Crippen MR) is 73.0 cm³/mol. The van der Waals surface area contributed by atoms with Gasteiger partial charge in [0.25, 0.3) is 5.69 Å². The number of nitrogens with one attached hydrogen (secondary N) is 1. The molecule has 1 amide bonds. The predicted octanol–water partition coefficient (Wildman–Crippen LogP) is 1.88. The van der Waals surface area contributed by atoms with Crippen LogP contribution in [0.5, 0.6) is 0 Å². The van der Waals surface area contributed by atoms with Gasteiger partial charge in [0.2, 0.25) is 5.91 Å². The maximum atomic E-state index is 12.2.